The molecule has 1 amide bonds. The van der Waals surface area contributed by atoms with Crippen LogP contribution in [0.3, 0.4) is 0 Å². The number of alkyl halides is 1. The molecule has 2 aliphatic rings. The molecule has 0 radical (unpaired) electrons. The van der Waals surface area contributed by atoms with E-state index >= 15 is 0 Å². The lowest BCUT2D eigenvalue weighted by molar-refractivity contribution is -0.118. The maximum atomic E-state index is 13.9. The van der Waals surface area contributed by atoms with Crippen LogP contribution in [-0.2, 0) is 9.53 Å². The van der Waals surface area contributed by atoms with E-state index in [1.54, 1.807) is 20.2 Å². The van der Waals surface area contributed by atoms with E-state index < -0.39 is 12.2 Å². The second kappa shape index (κ2) is 7.86. The summed E-state index contributed by atoms with van der Waals surface area (Å²) in [5.41, 5.74) is 1.48. The number of nitrogens with one attached hydrogen (secondary N) is 1. The summed E-state index contributed by atoms with van der Waals surface area (Å²) in [6.45, 7) is 5.20. The largest absolute Gasteiger partial charge is 0.384 e. The van der Waals surface area contributed by atoms with Crippen molar-refractivity contribution in [2.75, 3.05) is 20.3 Å². The SMILES string of the molecule is COCC1CCC(C)CCC2=C(C(=O)NC1)C(C)C(F)N=C2. The summed E-state index contributed by atoms with van der Waals surface area (Å²) in [5.74, 6) is 0.268. The molecule has 4 nitrogen and oxygen atoms in total. The summed E-state index contributed by atoms with van der Waals surface area (Å²) in [6, 6.07) is 0. The van der Waals surface area contributed by atoms with Crippen LogP contribution >= 0.6 is 0 Å². The van der Waals surface area contributed by atoms with Crippen molar-refractivity contribution in [1.82, 2.24) is 5.32 Å². The number of ether oxygens (including phenoxy) is 1. The fourth-order valence-corrected chi connectivity index (χ4v) is 3.22. The minimum atomic E-state index is -1.32. The third kappa shape index (κ3) is 4.15. The van der Waals surface area contributed by atoms with Crippen LogP contribution in [-0.4, -0.2) is 38.7 Å². The molecular weight excluding hydrogens is 283 g/mol. The Kier molecular flexibility index (Phi) is 6.12. The Morgan fingerprint density at radius 3 is 2.86 bits per heavy atom. The van der Waals surface area contributed by atoms with Gasteiger partial charge in [-0.25, -0.2) is 4.39 Å². The van der Waals surface area contributed by atoms with Gasteiger partial charge in [0, 0.05) is 31.4 Å². The van der Waals surface area contributed by atoms with E-state index in [9.17, 15) is 9.18 Å². The Labute approximate surface area is 132 Å². The third-order valence-electron chi connectivity index (χ3n) is 4.76. The molecule has 0 saturated heterocycles. The van der Waals surface area contributed by atoms with E-state index in [2.05, 4.69) is 17.2 Å². The topological polar surface area (TPSA) is 50.7 Å². The molecule has 4 atom stereocenters. The zero-order chi connectivity index (χ0) is 16.1. The van der Waals surface area contributed by atoms with Crippen molar-refractivity contribution in [3.63, 3.8) is 0 Å². The lowest BCUT2D eigenvalue weighted by Crippen LogP contribution is -2.36. The van der Waals surface area contributed by atoms with Crippen LogP contribution in [0.4, 0.5) is 4.39 Å². The molecule has 0 bridgehead atoms. The highest BCUT2D eigenvalue weighted by Crippen LogP contribution is 2.30. The lowest BCUT2D eigenvalue weighted by atomic mass is 9.88. The molecule has 0 aromatic rings. The predicted molar refractivity (Wildman–Crippen MR) is 85.6 cm³/mol. The highest BCUT2D eigenvalue weighted by Gasteiger charge is 2.31. The molecule has 22 heavy (non-hydrogen) atoms. The van der Waals surface area contributed by atoms with Gasteiger partial charge in [0.2, 0.25) is 5.91 Å². The lowest BCUT2D eigenvalue weighted by Gasteiger charge is -2.24. The number of methoxy groups -OCH3 is 1. The Balaban J connectivity index is 2.21. The van der Waals surface area contributed by atoms with Gasteiger partial charge in [0.15, 0.2) is 6.30 Å². The highest BCUT2D eigenvalue weighted by molar-refractivity contribution is 6.01. The van der Waals surface area contributed by atoms with Gasteiger partial charge >= 0.3 is 0 Å². The number of carbonyl (C=O) groups is 1. The minimum absolute atomic E-state index is 0.146. The number of hydrogen-bond acceptors (Lipinski definition) is 3. The number of allylic oxidation sites excluding steroid dienone is 1. The number of amides is 1. The Morgan fingerprint density at radius 1 is 1.36 bits per heavy atom. The van der Waals surface area contributed by atoms with Crippen LogP contribution < -0.4 is 5.32 Å². The smallest absolute Gasteiger partial charge is 0.248 e. The first-order valence-electron chi connectivity index (χ1n) is 8.20. The van der Waals surface area contributed by atoms with Crippen LogP contribution in [0.5, 0.6) is 0 Å². The molecular formula is C17H27FN2O2. The first-order chi connectivity index (χ1) is 10.5. The first-order valence-corrected chi connectivity index (χ1v) is 8.20. The summed E-state index contributed by atoms with van der Waals surface area (Å²) in [4.78, 5) is 16.4. The average molecular weight is 310 g/mol. The molecule has 2 heterocycles. The quantitative estimate of drug-likeness (QED) is 0.797. The minimum Gasteiger partial charge on any atom is -0.384 e. The van der Waals surface area contributed by atoms with E-state index in [1.807, 2.05) is 0 Å². The molecule has 0 aromatic heterocycles. The van der Waals surface area contributed by atoms with E-state index in [-0.39, 0.29) is 5.91 Å². The number of carbonyl (C=O) groups excluding carboxylic acids is 1. The van der Waals surface area contributed by atoms with Crippen molar-refractivity contribution < 1.29 is 13.9 Å². The fourth-order valence-electron chi connectivity index (χ4n) is 3.22. The Bertz CT molecular complexity index is 462. The molecule has 1 N–H and O–H groups in total. The third-order valence-corrected chi connectivity index (χ3v) is 4.76. The zero-order valence-corrected chi connectivity index (χ0v) is 13.8. The molecule has 0 aromatic carbocycles. The van der Waals surface area contributed by atoms with Gasteiger partial charge in [-0.3, -0.25) is 9.79 Å². The number of halogens is 1. The van der Waals surface area contributed by atoms with Gasteiger partial charge in [-0.05, 0) is 36.7 Å². The molecule has 0 saturated carbocycles. The highest BCUT2D eigenvalue weighted by atomic mass is 19.1. The van der Waals surface area contributed by atoms with Crippen molar-refractivity contribution in [1.29, 1.82) is 0 Å². The summed E-state index contributed by atoms with van der Waals surface area (Å²) in [7, 11) is 1.68. The van der Waals surface area contributed by atoms with E-state index in [0.29, 0.717) is 30.6 Å². The van der Waals surface area contributed by atoms with Crippen molar-refractivity contribution in [3.05, 3.63) is 11.1 Å². The number of rotatable bonds is 2. The fraction of sp³-hybridized carbons (Fsp3) is 0.765. The molecule has 0 fully saturated rings. The molecule has 5 heteroatoms. The van der Waals surface area contributed by atoms with Gasteiger partial charge in [0.05, 0.1) is 6.61 Å². The van der Waals surface area contributed by atoms with Gasteiger partial charge in [0.25, 0.3) is 0 Å². The van der Waals surface area contributed by atoms with E-state index in [4.69, 9.17) is 4.74 Å². The standard InChI is InChI=1S/C17H27FN2O2/c1-11-4-6-13(10-22-3)8-20-17(21)15-12(2)16(18)19-9-14(15)7-5-11/h9,11-13,16H,4-8,10H2,1-3H3,(H,20,21). The molecule has 2 rings (SSSR count). The van der Waals surface area contributed by atoms with Crippen LogP contribution in [0.25, 0.3) is 0 Å². The molecule has 0 aliphatic carbocycles. The normalized spacial score (nSPS) is 33.9. The predicted octanol–water partition coefficient (Wildman–Crippen LogP) is 2.89. The first kappa shape index (κ1) is 17.1. The van der Waals surface area contributed by atoms with Crippen LogP contribution in [0.15, 0.2) is 16.1 Å². The molecule has 4 unspecified atom stereocenters. The van der Waals surface area contributed by atoms with Gasteiger partial charge < -0.3 is 10.1 Å². The van der Waals surface area contributed by atoms with Crippen LogP contribution in [0, 0.1) is 17.8 Å². The van der Waals surface area contributed by atoms with Crippen molar-refractivity contribution >= 4 is 12.1 Å². The van der Waals surface area contributed by atoms with Gasteiger partial charge in [-0.15, -0.1) is 0 Å². The Morgan fingerprint density at radius 2 is 2.14 bits per heavy atom. The van der Waals surface area contributed by atoms with Crippen molar-refractivity contribution in [2.24, 2.45) is 22.7 Å². The van der Waals surface area contributed by atoms with Crippen molar-refractivity contribution in [2.45, 2.75) is 45.8 Å². The monoisotopic (exact) mass is 310 g/mol. The van der Waals surface area contributed by atoms with E-state index in [0.717, 1.165) is 31.3 Å². The van der Waals surface area contributed by atoms with Gasteiger partial charge in [-0.2, -0.15) is 0 Å². The summed E-state index contributed by atoms with van der Waals surface area (Å²) in [5, 5.41) is 2.97. The number of hydrogen-bond donors (Lipinski definition) is 1. The molecule has 124 valence electrons. The average Bonchev–Trinajstić information content (AvgIpc) is 2.52. The maximum Gasteiger partial charge on any atom is 0.248 e. The van der Waals surface area contributed by atoms with Crippen molar-refractivity contribution in [3.8, 4) is 0 Å². The van der Waals surface area contributed by atoms with Gasteiger partial charge in [-0.1, -0.05) is 20.3 Å². The number of nitrogens with zero attached hydrogens (tertiary/aromatic N) is 1. The second-order valence-electron chi connectivity index (χ2n) is 6.63. The van der Waals surface area contributed by atoms with E-state index in [1.165, 1.54) is 0 Å². The summed E-state index contributed by atoms with van der Waals surface area (Å²) in [6.07, 6.45) is 4.19. The summed E-state index contributed by atoms with van der Waals surface area (Å²) >= 11 is 0. The molecule has 2 aliphatic heterocycles. The maximum absolute atomic E-state index is 13.9. The molecule has 0 spiro atoms. The Hall–Kier alpha value is -1.23. The summed E-state index contributed by atoms with van der Waals surface area (Å²) < 4.78 is 19.1. The number of aliphatic imine (C=N–C) groups is 1. The second-order valence-corrected chi connectivity index (χ2v) is 6.63. The zero-order valence-electron chi connectivity index (χ0n) is 13.8. The number of dihydropyridines is 1. The van der Waals surface area contributed by atoms with Gasteiger partial charge in [0.1, 0.15) is 0 Å². The van der Waals surface area contributed by atoms with Crippen LogP contribution in [0.2, 0.25) is 0 Å². The van der Waals surface area contributed by atoms with Crippen LogP contribution in [0.1, 0.15) is 39.5 Å².